The number of nitrogens with zero attached hydrogens (tertiary/aromatic N) is 4. The summed E-state index contributed by atoms with van der Waals surface area (Å²) in [4.78, 5) is 11.5. The molecule has 3 heterocycles. The van der Waals surface area contributed by atoms with E-state index in [1.807, 2.05) is 24.5 Å². The average molecular weight is 357 g/mol. The maximum Gasteiger partial charge on any atom is 0.152 e. The molecule has 5 heteroatoms. The summed E-state index contributed by atoms with van der Waals surface area (Å²) in [5.41, 5.74) is 11.5. The van der Waals surface area contributed by atoms with E-state index in [0.717, 1.165) is 35.0 Å². The number of benzene rings is 2. The van der Waals surface area contributed by atoms with Crippen LogP contribution in [0, 0.1) is 0 Å². The van der Waals surface area contributed by atoms with Gasteiger partial charge in [0.1, 0.15) is 5.52 Å². The number of para-hydroxylation sites is 1. The molecular formula is C22H23N5. The van der Waals surface area contributed by atoms with Gasteiger partial charge in [0.2, 0.25) is 0 Å². The lowest BCUT2D eigenvalue weighted by atomic mass is 10.1. The van der Waals surface area contributed by atoms with Crippen molar-refractivity contribution in [2.45, 2.75) is 25.9 Å². The van der Waals surface area contributed by atoms with Crippen molar-refractivity contribution >= 4 is 27.8 Å². The van der Waals surface area contributed by atoms with Crippen LogP contribution in [0.4, 0.5) is 5.82 Å². The largest absolute Gasteiger partial charge is 0.382 e. The Bertz CT molecular complexity index is 1090. The summed E-state index contributed by atoms with van der Waals surface area (Å²) >= 11 is 0. The first kappa shape index (κ1) is 16.3. The monoisotopic (exact) mass is 357 g/mol. The molecule has 0 bridgehead atoms. The smallest absolute Gasteiger partial charge is 0.152 e. The minimum atomic E-state index is 0.489. The quantitative estimate of drug-likeness (QED) is 0.603. The molecule has 136 valence electrons. The summed E-state index contributed by atoms with van der Waals surface area (Å²) in [7, 11) is 0. The predicted octanol–water partition coefficient (Wildman–Crippen LogP) is 3.81. The third kappa shape index (κ3) is 3.04. The fourth-order valence-corrected chi connectivity index (χ4v) is 4.07. The number of fused-ring (bicyclic) bond motifs is 3. The van der Waals surface area contributed by atoms with Gasteiger partial charge in [0.25, 0.3) is 0 Å². The van der Waals surface area contributed by atoms with E-state index in [4.69, 9.17) is 5.73 Å². The first-order chi connectivity index (χ1) is 13.3. The molecule has 4 aromatic rings. The molecule has 0 atom stereocenters. The molecule has 0 saturated carbocycles. The van der Waals surface area contributed by atoms with Gasteiger partial charge in [-0.25, -0.2) is 9.97 Å². The average Bonchev–Trinajstić information content (AvgIpc) is 3.34. The molecule has 1 fully saturated rings. The fraction of sp³-hybridized carbons (Fsp3) is 0.273. The molecule has 5 nitrogen and oxygen atoms in total. The van der Waals surface area contributed by atoms with Gasteiger partial charge >= 0.3 is 0 Å². The van der Waals surface area contributed by atoms with Crippen LogP contribution >= 0.6 is 0 Å². The Morgan fingerprint density at radius 3 is 2.37 bits per heavy atom. The molecule has 27 heavy (non-hydrogen) atoms. The van der Waals surface area contributed by atoms with Crippen LogP contribution in [0.1, 0.15) is 24.0 Å². The van der Waals surface area contributed by atoms with E-state index in [9.17, 15) is 0 Å². The minimum absolute atomic E-state index is 0.489. The van der Waals surface area contributed by atoms with Gasteiger partial charge in [0.05, 0.1) is 17.4 Å². The van der Waals surface area contributed by atoms with Gasteiger partial charge in [-0.15, -0.1) is 0 Å². The summed E-state index contributed by atoms with van der Waals surface area (Å²) in [5.74, 6) is 0.489. The molecule has 2 N–H and O–H groups in total. The van der Waals surface area contributed by atoms with Crippen LogP contribution in [-0.4, -0.2) is 32.5 Å². The number of aromatic nitrogens is 3. The molecule has 5 rings (SSSR count). The molecule has 0 aliphatic carbocycles. The lowest BCUT2D eigenvalue weighted by Crippen LogP contribution is -2.18. The molecule has 2 aromatic carbocycles. The van der Waals surface area contributed by atoms with Crippen molar-refractivity contribution in [3.05, 3.63) is 66.0 Å². The van der Waals surface area contributed by atoms with Crippen molar-refractivity contribution in [2.24, 2.45) is 0 Å². The maximum atomic E-state index is 6.14. The van der Waals surface area contributed by atoms with Crippen molar-refractivity contribution in [1.29, 1.82) is 0 Å². The molecule has 0 amide bonds. The van der Waals surface area contributed by atoms with Crippen LogP contribution < -0.4 is 5.73 Å². The van der Waals surface area contributed by atoms with E-state index in [2.05, 4.69) is 49.8 Å². The summed E-state index contributed by atoms with van der Waals surface area (Å²) in [6, 6.07) is 17.1. The highest BCUT2D eigenvalue weighted by molar-refractivity contribution is 6.06. The number of pyridine rings is 1. The molecule has 0 radical (unpaired) electrons. The van der Waals surface area contributed by atoms with E-state index >= 15 is 0 Å². The van der Waals surface area contributed by atoms with E-state index in [1.54, 1.807) is 0 Å². The van der Waals surface area contributed by atoms with Gasteiger partial charge in [-0.1, -0.05) is 42.5 Å². The van der Waals surface area contributed by atoms with Crippen molar-refractivity contribution in [3.8, 4) is 0 Å². The van der Waals surface area contributed by atoms with E-state index < -0.39 is 0 Å². The van der Waals surface area contributed by atoms with Gasteiger partial charge in [-0.2, -0.15) is 0 Å². The zero-order chi connectivity index (χ0) is 18.2. The Labute approximate surface area is 158 Å². The predicted molar refractivity (Wildman–Crippen MR) is 110 cm³/mol. The zero-order valence-corrected chi connectivity index (χ0v) is 15.3. The highest BCUT2D eigenvalue weighted by Gasteiger charge is 2.13. The Morgan fingerprint density at radius 1 is 0.889 bits per heavy atom. The standard InChI is InChI=1S/C22H23N5/c23-22-20-21(18-5-1-2-6-19(18)25-22)27(15-24-20)14-17-9-7-16(8-10-17)13-26-11-3-4-12-26/h1-2,5-10,15H,3-4,11-14H2,(H2,23,25). The SMILES string of the molecule is Nc1nc2ccccc2c2c1ncn2Cc1ccc(CN2CCCC2)cc1. The molecule has 2 aromatic heterocycles. The lowest BCUT2D eigenvalue weighted by Gasteiger charge is -2.15. The van der Waals surface area contributed by atoms with Gasteiger partial charge in [-0.3, -0.25) is 4.90 Å². The second kappa shape index (κ2) is 6.67. The highest BCUT2D eigenvalue weighted by atomic mass is 15.1. The highest BCUT2D eigenvalue weighted by Crippen LogP contribution is 2.27. The van der Waals surface area contributed by atoms with E-state index in [-0.39, 0.29) is 0 Å². The number of likely N-dealkylation sites (tertiary alicyclic amines) is 1. The summed E-state index contributed by atoms with van der Waals surface area (Å²) in [6.07, 6.45) is 4.53. The number of hydrogen-bond donors (Lipinski definition) is 1. The zero-order valence-electron chi connectivity index (χ0n) is 15.3. The summed E-state index contributed by atoms with van der Waals surface area (Å²) in [6.45, 7) is 4.28. The van der Waals surface area contributed by atoms with Crippen LogP contribution in [0.25, 0.3) is 21.9 Å². The molecule has 1 saturated heterocycles. The van der Waals surface area contributed by atoms with Crippen molar-refractivity contribution < 1.29 is 0 Å². The second-order valence-corrected chi connectivity index (χ2v) is 7.38. The van der Waals surface area contributed by atoms with Gasteiger partial charge in [-0.05, 0) is 43.1 Å². The first-order valence-corrected chi connectivity index (χ1v) is 9.57. The van der Waals surface area contributed by atoms with Gasteiger partial charge < -0.3 is 10.3 Å². The minimum Gasteiger partial charge on any atom is -0.382 e. The Hall–Kier alpha value is -2.92. The number of nitrogen functional groups attached to an aromatic ring is 1. The number of anilines is 1. The molecule has 0 unspecified atom stereocenters. The molecule has 1 aliphatic heterocycles. The van der Waals surface area contributed by atoms with Crippen molar-refractivity contribution in [3.63, 3.8) is 0 Å². The van der Waals surface area contributed by atoms with Crippen LogP contribution in [-0.2, 0) is 13.1 Å². The molecular weight excluding hydrogens is 334 g/mol. The fourth-order valence-electron chi connectivity index (χ4n) is 4.07. The van der Waals surface area contributed by atoms with Crippen molar-refractivity contribution in [1.82, 2.24) is 19.4 Å². The summed E-state index contributed by atoms with van der Waals surface area (Å²) in [5, 5.41) is 1.09. The van der Waals surface area contributed by atoms with E-state index in [0.29, 0.717) is 5.82 Å². The maximum absolute atomic E-state index is 6.14. The summed E-state index contributed by atoms with van der Waals surface area (Å²) < 4.78 is 2.17. The van der Waals surface area contributed by atoms with Gasteiger partial charge in [0, 0.05) is 18.5 Å². The third-order valence-corrected chi connectivity index (χ3v) is 5.46. The number of hydrogen-bond acceptors (Lipinski definition) is 4. The van der Waals surface area contributed by atoms with Crippen molar-refractivity contribution in [2.75, 3.05) is 18.8 Å². The Balaban J connectivity index is 1.46. The topological polar surface area (TPSA) is 60.0 Å². The van der Waals surface area contributed by atoms with Crippen LogP contribution in [0.2, 0.25) is 0 Å². The van der Waals surface area contributed by atoms with Crippen LogP contribution in [0.15, 0.2) is 54.9 Å². The number of imidazole rings is 1. The third-order valence-electron chi connectivity index (χ3n) is 5.46. The van der Waals surface area contributed by atoms with Crippen LogP contribution in [0.5, 0.6) is 0 Å². The second-order valence-electron chi connectivity index (χ2n) is 7.38. The molecule has 1 aliphatic rings. The normalized spacial score (nSPS) is 15.1. The Morgan fingerprint density at radius 2 is 1.59 bits per heavy atom. The van der Waals surface area contributed by atoms with Crippen LogP contribution in [0.3, 0.4) is 0 Å². The molecule has 0 spiro atoms. The van der Waals surface area contributed by atoms with E-state index in [1.165, 1.54) is 37.1 Å². The Kier molecular flexibility index (Phi) is 4.02. The van der Waals surface area contributed by atoms with Gasteiger partial charge in [0.15, 0.2) is 5.82 Å². The number of rotatable bonds is 4. The first-order valence-electron chi connectivity index (χ1n) is 9.57. The number of nitrogens with two attached hydrogens (primary N) is 1. The lowest BCUT2D eigenvalue weighted by molar-refractivity contribution is 0.331.